The summed E-state index contributed by atoms with van der Waals surface area (Å²) in [6.45, 7) is 2.66. The molecule has 1 aliphatic rings. The molecule has 1 saturated carbocycles. The van der Waals surface area contributed by atoms with Gasteiger partial charge in [0.15, 0.2) is 0 Å². The summed E-state index contributed by atoms with van der Waals surface area (Å²) in [6, 6.07) is 0. The molecule has 0 saturated heterocycles. The maximum Gasteiger partial charge on any atom is 0.0436 e. The van der Waals surface area contributed by atoms with Gasteiger partial charge in [-0.3, -0.25) is 0 Å². The number of rotatable bonds is 2. The Morgan fingerprint density at radius 2 is 1.89 bits per heavy atom. The van der Waals surface area contributed by atoms with Crippen LogP contribution in [0, 0.1) is 5.41 Å². The van der Waals surface area contributed by atoms with Crippen molar-refractivity contribution in [3.05, 3.63) is 0 Å². The van der Waals surface area contributed by atoms with E-state index in [1.807, 2.05) is 0 Å². The Hall–Kier alpha value is -0.0400. The molecule has 0 spiro atoms. The van der Waals surface area contributed by atoms with Crippen molar-refractivity contribution in [1.29, 1.82) is 0 Å². The monoisotopic (exact) mass is 128 g/mol. The van der Waals surface area contributed by atoms with Gasteiger partial charge in [-0.2, -0.15) is 0 Å². The topological polar surface area (TPSA) is 20.2 Å². The molecule has 1 aliphatic carbocycles. The van der Waals surface area contributed by atoms with Crippen LogP contribution >= 0.6 is 0 Å². The zero-order valence-electron chi connectivity index (χ0n) is 6.19. The highest BCUT2D eigenvalue weighted by molar-refractivity contribution is 4.79. The summed E-state index contributed by atoms with van der Waals surface area (Å²) in [5.41, 5.74) is 0.495. The summed E-state index contributed by atoms with van der Waals surface area (Å²) in [7, 11) is 0. The van der Waals surface area contributed by atoms with Gasteiger partial charge in [0.25, 0.3) is 0 Å². The van der Waals surface area contributed by atoms with E-state index >= 15 is 0 Å². The average molecular weight is 128 g/mol. The molecular formula is C8H16O. The van der Waals surface area contributed by atoms with E-state index in [0.29, 0.717) is 12.0 Å². The lowest BCUT2D eigenvalue weighted by Crippen LogP contribution is -2.12. The molecule has 1 rings (SSSR count). The number of hydrogen-bond donors (Lipinski definition) is 1. The largest absolute Gasteiger partial charge is 0.396 e. The van der Waals surface area contributed by atoms with Crippen molar-refractivity contribution in [2.24, 2.45) is 5.41 Å². The van der Waals surface area contributed by atoms with E-state index in [9.17, 15) is 0 Å². The molecule has 0 bridgehead atoms. The van der Waals surface area contributed by atoms with Crippen LogP contribution in [0.2, 0.25) is 0 Å². The molecule has 1 nitrogen and oxygen atoms in total. The molecule has 9 heavy (non-hydrogen) atoms. The molecule has 0 heterocycles. The van der Waals surface area contributed by atoms with Crippen molar-refractivity contribution in [3.8, 4) is 0 Å². The number of aliphatic hydroxyl groups excluding tert-OH is 1. The molecule has 0 atom stereocenters. The van der Waals surface area contributed by atoms with Gasteiger partial charge >= 0.3 is 0 Å². The second-order valence-corrected chi connectivity index (χ2v) is 3.49. The van der Waals surface area contributed by atoms with E-state index in [4.69, 9.17) is 5.11 Å². The lowest BCUT2D eigenvalue weighted by Gasteiger charge is -2.21. The molecule has 1 N–H and O–H groups in total. The van der Waals surface area contributed by atoms with Crippen LogP contribution in [0.25, 0.3) is 0 Å². The van der Waals surface area contributed by atoms with Gasteiger partial charge in [-0.15, -0.1) is 0 Å². The Balaban J connectivity index is 2.32. The summed E-state index contributed by atoms with van der Waals surface area (Å²) in [5, 5.41) is 8.69. The molecular weight excluding hydrogens is 112 g/mol. The molecule has 0 amide bonds. The van der Waals surface area contributed by atoms with E-state index in [0.717, 1.165) is 6.42 Å². The Kier molecular flexibility index (Phi) is 2.12. The average Bonchev–Trinajstić information content (AvgIpc) is 2.16. The molecule has 1 fully saturated rings. The molecule has 0 aromatic heterocycles. The predicted molar refractivity (Wildman–Crippen MR) is 38.3 cm³/mol. The molecule has 0 aromatic carbocycles. The molecule has 0 unspecified atom stereocenters. The van der Waals surface area contributed by atoms with Gasteiger partial charge in [-0.05, 0) is 24.7 Å². The molecule has 1 heteroatoms. The van der Waals surface area contributed by atoms with Crippen LogP contribution in [0.5, 0.6) is 0 Å². The Labute approximate surface area is 57.1 Å². The first-order valence-corrected chi connectivity index (χ1v) is 3.88. The van der Waals surface area contributed by atoms with Crippen molar-refractivity contribution >= 4 is 0 Å². The maximum absolute atomic E-state index is 8.69. The van der Waals surface area contributed by atoms with Crippen molar-refractivity contribution < 1.29 is 5.11 Å². The lowest BCUT2D eigenvalue weighted by molar-refractivity contribution is 0.201. The minimum absolute atomic E-state index is 0.372. The van der Waals surface area contributed by atoms with Crippen LogP contribution in [0.4, 0.5) is 0 Å². The van der Waals surface area contributed by atoms with Gasteiger partial charge in [-0.1, -0.05) is 19.8 Å². The maximum atomic E-state index is 8.69. The van der Waals surface area contributed by atoms with Crippen molar-refractivity contribution in [3.63, 3.8) is 0 Å². The summed E-state index contributed by atoms with van der Waals surface area (Å²) in [4.78, 5) is 0. The highest BCUT2D eigenvalue weighted by Crippen LogP contribution is 2.39. The Morgan fingerprint density at radius 1 is 1.33 bits per heavy atom. The Bertz CT molecular complexity index is 82.6. The van der Waals surface area contributed by atoms with Crippen LogP contribution in [0.15, 0.2) is 0 Å². The fraction of sp³-hybridized carbons (Fsp3) is 1.00. The van der Waals surface area contributed by atoms with E-state index < -0.39 is 0 Å². The first-order chi connectivity index (χ1) is 4.27. The first-order valence-electron chi connectivity index (χ1n) is 3.88. The fourth-order valence-corrected chi connectivity index (χ4v) is 1.75. The van der Waals surface area contributed by atoms with Gasteiger partial charge in [-0.25, -0.2) is 0 Å². The van der Waals surface area contributed by atoms with Crippen molar-refractivity contribution in [1.82, 2.24) is 0 Å². The van der Waals surface area contributed by atoms with Gasteiger partial charge in [0, 0.05) is 6.61 Å². The summed E-state index contributed by atoms with van der Waals surface area (Å²) < 4.78 is 0. The highest BCUT2D eigenvalue weighted by Gasteiger charge is 2.27. The van der Waals surface area contributed by atoms with Crippen LogP contribution in [0.3, 0.4) is 0 Å². The first kappa shape index (κ1) is 7.07. The minimum Gasteiger partial charge on any atom is -0.396 e. The van der Waals surface area contributed by atoms with Crippen LogP contribution in [-0.4, -0.2) is 11.7 Å². The standard InChI is InChI=1S/C8H16O/c1-8(6-7-9)4-2-3-5-8/h9H,2-7H2,1H3. The van der Waals surface area contributed by atoms with E-state index in [1.54, 1.807) is 0 Å². The quantitative estimate of drug-likeness (QED) is 0.602. The van der Waals surface area contributed by atoms with Gasteiger partial charge in [0.05, 0.1) is 0 Å². The summed E-state index contributed by atoms with van der Waals surface area (Å²) in [5.74, 6) is 0. The van der Waals surface area contributed by atoms with Gasteiger partial charge in [0.1, 0.15) is 0 Å². The molecule has 54 valence electrons. The van der Waals surface area contributed by atoms with Crippen LogP contribution < -0.4 is 0 Å². The predicted octanol–water partition coefficient (Wildman–Crippen LogP) is 1.95. The molecule has 0 radical (unpaired) electrons. The SMILES string of the molecule is CC1(CCO)CCCC1. The second kappa shape index (κ2) is 2.70. The fourth-order valence-electron chi connectivity index (χ4n) is 1.75. The number of hydrogen-bond acceptors (Lipinski definition) is 1. The smallest absolute Gasteiger partial charge is 0.0436 e. The minimum atomic E-state index is 0.372. The lowest BCUT2D eigenvalue weighted by atomic mass is 9.86. The number of aliphatic hydroxyl groups is 1. The zero-order chi connectivity index (χ0) is 6.74. The summed E-state index contributed by atoms with van der Waals surface area (Å²) >= 11 is 0. The summed E-state index contributed by atoms with van der Waals surface area (Å²) in [6.07, 6.45) is 6.40. The third-order valence-corrected chi connectivity index (χ3v) is 2.53. The zero-order valence-corrected chi connectivity index (χ0v) is 6.19. The second-order valence-electron chi connectivity index (χ2n) is 3.49. The highest BCUT2D eigenvalue weighted by atomic mass is 16.3. The molecule has 0 aliphatic heterocycles. The van der Waals surface area contributed by atoms with E-state index in [1.165, 1.54) is 25.7 Å². The van der Waals surface area contributed by atoms with Crippen LogP contribution in [0.1, 0.15) is 39.0 Å². The van der Waals surface area contributed by atoms with Gasteiger partial charge < -0.3 is 5.11 Å². The van der Waals surface area contributed by atoms with E-state index in [2.05, 4.69) is 6.92 Å². The van der Waals surface area contributed by atoms with Crippen LogP contribution in [-0.2, 0) is 0 Å². The molecule has 0 aromatic rings. The van der Waals surface area contributed by atoms with Crippen molar-refractivity contribution in [2.45, 2.75) is 39.0 Å². The van der Waals surface area contributed by atoms with Gasteiger partial charge in [0.2, 0.25) is 0 Å². The van der Waals surface area contributed by atoms with Crippen molar-refractivity contribution in [2.75, 3.05) is 6.61 Å². The normalized spacial score (nSPS) is 24.7. The van der Waals surface area contributed by atoms with E-state index in [-0.39, 0.29) is 0 Å². The Morgan fingerprint density at radius 3 is 2.33 bits per heavy atom. The third-order valence-electron chi connectivity index (χ3n) is 2.53. The third kappa shape index (κ3) is 1.68.